The zero-order chi connectivity index (χ0) is 9.68. The summed E-state index contributed by atoms with van der Waals surface area (Å²) in [6.07, 6.45) is 0.351. The standard InChI is InChI=1S/C10H13FO2/c1-13-7-8-2-3-10(11)9(6-8)4-5-12/h2-3,6,12H,4-5,7H2,1H3. The lowest BCUT2D eigenvalue weighted by atomic mass is 10.1. The summed E-state index contributed by atoms with van der Waals surface area (Å²) in [6, 6.07) is 4.80. The number of ether oxygens (including phenoxy) is 1. The molecule has 0 atom stereocenters. The van der Waals surface area contributed by atoms with Crippen molar-refractivity contribution < 1.29 is 14.2 Å². The minimum Gasteiger partial charge on any atom is -0.396 e. The topological polar surface area (TPSA) is 29.5 Å². The molecule has 0 unspecified atom stereocenters. The highest BCUT2D eigenvalue weighted by Gasteiger charge is 2.02. The number of halogens is 1. The van der Waals surface area contributed by atoms with Gasteiger partial charge < -0.3 is 9.84 Å². The predicted octanol–water partition coefficient (Wildman–Crippen LogP) is 1.51. The summed E-state index contributed by atoms with van der Waals surface area (Å²) in [6.45, 7) is 0.437. The molecule has 1 rings (SSSR count). The van der Waals surface area contributed by atoms with E-state index in [2.05, 4.69) is 0 Å². The highest BCUT2D eigenvalue weighted by Crippen LogP contribution is 2.11. The van der Waals surface area contributed by atoms with E-state index in [1.54, 1.807) is 19.2 Å². The Hall–Kier alpha value is -0.930. The van der Waals surface area contributed by atoms with Crippen molar-refractivity contribution in [1.82, 2.24) is 0 Å². The second kappa shape index (κ2) is 4.94. The van der Waals surface area contributed by atoms with Gasteiger partial charge in [0.1, 0.15) is 5.82 Å². The van der Waals surface area contributed by atoms with E-state index < -0.39 is 0 Å². The fourth-order valence-electron chi connectivity index (χ4n) is 1.20. The Morgan fingerprint density at radius 2 is 2.23 bits per heavy atom. The van der Waals surface area contributed by atoms with Gasteiger partial charge in [-0.1, -0.05) is 12.1 Å². The molecule has 0 spiro atoms. The molecule has 0 aliphatic heterocycles. The van der Waals surface area contributed by atoms with Crippen molar-refractivity contribution in [3.8, 4) is 0 Å². The zero-order valence-electron chi connectivity index (χ0n) is 7.59. The third-order valence-corrected chi connectivity index (χ3v) is 1.80. The van der Waals surface area contributed by atoms with E-state index in [0.717, 1.165) is 5.56 Å². The number of benzene rings is 1. The predicted molar refractivity (Wildman–Crippen MR) is 47.9 cm³/mol. The van der Waals surface area contributed by atoms with Gasteiger partial charge in [0, 0.05) is 13.7 Å². The van der Waals surface area contributed by atoms with Crippen molar-refractivity contribution in [2.75, 3.05) is 13.7 Å². The molecule has 1 aromatic rings. The van der Waals surface area contributed by atoms with Crippen LogP contribution in [0.1, 0.15) is 11.1 Å². The lowest BCUT2D eigenvalue weighted by Crippen LogP contribution is -1.97. The average Bonchev–Trinajstić information content (AvgIpc) is 2.12. The van der Waals surface area contributed by atoms with Crippen LogP contribution in [-0.2, 0) is 17.8 Å². The molecule has 2 nitrogen and oxygen atoms in total. The van der Waals surface area contributed by atoms with E-state index in [1.807, 2.05) is 0 Å². The van der Waals surface area contributed by atoms with Crippen molar-refractivity contribution in [2.24, 2.45) is 0 Å². The fourth-order valence-corrected chi connectivity index (χ4v) is 1.20. The highest BCUT2D eigenvalue weighted by atomic mass is 19.1. The summed E-state index contributed by atoms with van der Waals surface area (Å²) >= 11 is 0. The first-order valence-corrected chi connectivity index (χ1v) is 4.15. The van der Waals surface area contributed by atoms with Crippen molar-refractivity contribution in [3.63, 3.8) is 0 Å². The molecule has 0 radical (unpaired) electrons. The van der Waals surface area contributed by atoms with Crippen LogP contribution in [0.5, 0.6) is 0 Å². The van der Waals surface area contributed by atoms with Gasteiger partial charge in [-0.2, -0.15) is 0 Å². The minimum absolute atomic E-state index is 0.0344. The maximum absolute atomic E-state index is 13.0. The lowest BCUT2D eigenvalue weighted by molar-refractivity contribution is 0.184. The summed E-state index contributed by atoms with van der Waals surface area (Å²) in [4.78, 5) is 0. The Morgan fingerprint density at radius 1 is 1.46 bits per heavy atom. The number of methoxy groups -OCH3 is 1. The van der Waals surface area contributed by atoms with Gasteiger partial charge in [0.05, 0.1) is 6.61 Å². The van der Waals surface area contributed by atoms with Crippen molar-refractivity contribution in [2.45, 2.75) is 13.0 Å². The smallest absolute Gasteiger partial charge is 0.126 e. The number of hydrogen-bond acceptors (Lipinski definition) is 2. The third kappa shape index (κ3) is 2.79. The minimum atomic E-state index is -0.270. The second-order valence-corrected chi connectivity index (χ2v) is 2.83. The molecule has 1 N–H and O–H groups in total. The maximum atomic E-state index is 13.0. The molecule has 0 amide bonds. The van der Waals surface area contributed by atoms with Gasteiger partial charge in [0.15, 0.2) is 0 Å². The Kier molecular flexibility index (Phi) is 3.86. The van der Waals surface area contributed by atoms with Crippen molar-refractivity contribution in [1.29, 1.82) is 0 Å². The van der Waals surface area contributed by atoms with Crippen LogP contribution in [0.15, 0.2) is 18.2 Å². The summed E-state index contributed by atoms with van der Waals surface area (Å²) in [7, 11) is 1.59. The normalized spacial score (nSPS) is 10.4. The van der Waals surface area contributed by atoms with Crippen LogP contribution in [-0.4, -0.2) is 18.8 Å². The van der Waals surface area contributed by atoms with Gasteiger partial charge >= 0.3 is 0 Å². The van der Waals surface area contributed by atoms with Crippen LogP contribution in [0, 0.1) is 5.82 Å². The highest BCUT2D eigenvalue weighted by molar-refractivity contribution is 5.24. The molecule has 13 heavy (non-hydrogen) atoms. The molecule has 3 heteroatoms. The van der Waals surface area contributed by atoms with Gasteiger partial charge in [-0.05, 0) is 23.6 Å². The first-order chi connectivity index (χ1) is 6.27. The fraction of sp³-hybridized carbons (Fsp3) is 0.400. The number of hydrogen-bond donors (Lipinski definition) is 1. The van der Waals surface area contributed by atoms with Gasteiger partial charge in [0.25, 0.3) is 0 Å². The average molecular weight is 184 g/mol. The van der Waals surface area contributed by atoms with E-state index in [1.165, 1.54) is 6.07 Å². The number of rotatable bonds is 4. The summed E-state index contributed by atoms with van der Waals surface area (Å²) in [5, 5.41) is 8.67. The maximum Gasteiger partial charge on any atom is 0.126 e. The van der Waals surface area contributed by atoms with E-state index in [-0.39, 0.29) is 12.4 Å². The second-order valence-electron chi connectivity index (χ2n) is 2.83. The van der Waals surface area contributed by atoms with Gasteiger partial charge in [0.2, 0.25) is 0 Å². The van der Waals surface area contributed by atoms with E-state index >= 15 is 0 Å². The van der Waals surface area contributed by atoms with E-state index in [4.69, 9.17) is 9.84 Å². The van der Waals surface area contributed by atoms with E-state index in [9.17, 15) is 4.39 Å². The molecule has 0 saturated heterocycles. The molecular weight excluding hydrogens is 171 g/mol. The summed E-state index contributed by atoms with van der Waals surface area (Å²) in [5.74, 6) is -0.270. The molecule has 0 aliphatic rings. The lowest BCUT2D eigenvalue weighted by Gasteiger charge is -2.04. The molecular formula is C10H13FO2. The van der Waals surface area contributed by atoms with Gasteiger partial charge in [-0.15, -0.1) is 0 Å². The molecule has 0 aromatic heterocycles. The van der Waals surface area contributed by atoms with Crippen LogP contribution in [0.25, 0.3) is 0 Å². The quantitative estimate of drug-likeness (QED) is 0.768. The summed E-state index contributed by atoms with van der Waals surface area (Å²) in [5.41, 5.74) is 1.46. The SMILES string of the molecule is COCc1ccc(F)c(CCO)c1. The molecule has 72 valence electrons. The van der Waals surface area contributed by atoms with Gasteiger partial charge in [-0.3, -0.25) is 0 Å². The Bertz CT molecular complexity index is 274. The first kappa shape index (κ1) is 10.2. The van der Waals surface area contributed by atoms with Crippen molar-refractivity contribution in [3.05, 3.63) is 35.1 Å². The first-order valence-electron chi connectivity index (χ1n) is 4.15. The monoisotopic (exact) mass is 184 g/mol. The largest absolute Gasteiger partial charge is 0.396 e. The molecule has 0 saturated carbocycles. The molecule has 0 heterocycles. The Balaban J connectivity index is 2.83. The molecule has 0 aliphatic carbocycles. The van der Waals surface area contributed by atoms with Crippen LogP contribution in [0.3, 0.4) is 0 Å². The van der Waals surface area contributed by atoms with Crippen LogP contribution >= 0.6 is 0 Å². The summed E-state index contributed by atoms with van der Waals surface area (Å²) < 4.78 is 18.0. The Labute approximate surface area is 77.0 Å². The van der Waals surface area contributed by atoms with Crippen LogP contribution in [0.2, 0.25) is 0 Å². The molecule has 0 fully saturated rings. The zero-order valence-corrected chi connectivity index (χ0v) is 7.59. The number of aliphatic hydroxyl groups excluding tert-OH is 1. The molecule has 1 aromatic carbocycles. The van der Waals surface area contributed by atoms with Gasteiger partial charge in [-0.25, -0.2) is 4.39 Å². The van der Waals surface area contributed by atoms with Crippen molar-refractivity contribution >= 4 is 0 Å². The number of aliphatic hydroxyl groups is 1. The van der Waals surface area contributed by atoms with Crippen LogP contribution in [0.4, 0.5) is 4.39 Å². The third-order valence-electron chi connectivity index (χ3n) is 1.80. The molecule has 0 bridgehead atoms. The van der Waals surface area contributed by atoms with E-state index in [0.29, 0.717) is 18.6 Å². The Morgan fingerprint density at radius 3 is 2.85 bits per heavy atom. The van der Waals surface area contributed by atoms with Crippen LogP contribution < -0.4 is 0 Å².